The lowest BCUT2D eigenvalue weighted by Crippen LogP contribution is -2.48. The molecular formula is C23H30N2O2. The molecule has 0 spiro atoms. The standard InChI is InChI=1S/C23H30N2O2/c1-17(2)15-24-23(27)19(4)25(16-21-8-6-5-7-9-21)22(26)14-20-12-10-18(3)11-13-20/h5-13,17,19H,14-16H2,1-4H3,(H,24,27)/t19-/m0/s1. The van der Waals surface area contributed by atoms with Gasteiger partial charge in [0.05, 0.1) is 6.42 Å². The summed E-state index contributed by atoms with van der Waals surface area (Å²) in [5.41, 5.74) is 3.13. The van der Waals surface area contributed by atoms with Crippen molar-refractivity contribution >= 4 is 11.8 Å². The lowest BCUT2D eigenvalue weighted by atomic mass is 10.1. The largest absolute Gasteiger partial charge is 0.354 e. The number of carbonyl (C=O) groups excluding carboxylic acids is 2. The van der Waals surface area contributed by atoms with Crippen LogP contribution in [-0.2, 0) is 22.6 Å². The Labute approximate surface area is 162 Å². The van der Waals surface area contributed by atoms with Gasteiger partial charge in [-0.25, -0.2) is 0 Å². The smallest absolute Gasteiger partial charge is 0.242 e. The van der Waals surface area contributed by atoms with Crippen LogP contribution < -0.4 is 5.32 Å². The van der Waals surface area contributed by atoms with E-state index in [0.717, 1.165) is 16.7 Å². The Kier molecular flexibility index (Phi) is 7.59. The summed E-state index contributed by atoms with van der Waals surface area (Å²) in [6, 6.07) is 17.2. The Morgan fingerprint density at radius 2 is 1.56 bits per heavy atom. The summed E-state index contributed by atoms with van der Waals surface area (Å²) in [7, 11) is 0. The molecule has 0 bridgehead atoms. The maximum absolute atomic E-state index is 13.0. The van der Waals surface area contributed by atoms with E-state index in [1.54, 1.807) is 11.8 Å². The van der Waals surface area contributed by atoms with Gasteiger partial charge in [0.15, 0.2) is 0 Å². The Hall–Kier alpha value is -2.62. The summed E-state index contributed by atoms with van der Waals surface area (Å²) in [6.07, 6.45) is 0.287. The fraction of sp³-hybridized carbons (Fsp3) is 0.391. The monoisotopic (exact) mass is 366 g/mol. The van der Waals surface area contributed by atoms with Crippen molar-refractivity contribution in [1.82, 2.24) is 10.2 Å². The third-order valence-electron chi connectivity index (χ3n) is 4.52. The van der Waals surface area contributed by atoms with Crippen LogP contribution in [-0.4, -0.2) is 29.3 Å². The first-order valence-corrected chi connectivity index (χ1v) is 9.53. The summed E-state index contributed by atoms with van der Waals surface area (Å²) < 4.78 is 0. The first-order chi connectivity index (χ1) is 12.9. The molecule has 0 aliphatic rings. The van der Waals surface area contributed by atoms with Crippen LogP contribution in [0, 0.1) is 12.8 Å². The molecule has 0 aromatic heterocycles. The number of hydrogen-bond acceptors (Lipinski definition) is 2. The minimum atomic E-state index is -0.526. The van der Waals surface area contributed by atoms with Crippen molar-refractivity contribution < 1.29 is 9.59 Å². The van der Waals surface area contributed by atoms with Crippen molar-refractivity contribution in [2.24, 2.45) is 5.92 Å². The van der Waals surface area contributed by atoms with Gasteiger partial charge in [-0.1, -0.05) is 74.0 Å². The zero-order valence-corrected chi connectivity index (χ0v) is 16.7. The van der Waals surface area contributed by atoms with Gasteiger partial charge in [0, 0.05) is 13.1 Å². The number of aryl methyl sites for hydroxylation is 1. The van der Waals surface area contributed by atoms with Gasteiger partial charge in [-0.2, -0.15) is 0 Å². The predicted octanol–water partition coefficient (Wildman–Crippen LogP) is 3.73. The molecular weight excluding hydrogens is 336 g/mol. The van der Waals surface area contributed by atoms with E-state index in [2.05, 4.69) is 19.2 Å². The molecule has 0 aliphatic heterocycles. The number of hydrogen-bond donors (Lipinski definition) is 1. The number of nitrogens with one attached hydrogen (secondary N) is 1. The molecule has 0 heterocycles. The number of nitrogens with zero attached hydrogens (tertiary/aromatic N) is 1. The number of benzene rings is 2. The van der Waals surface area contributed by atoms with Crippen LogP contribution in [0.4, 0.5) is 0 Å². The highest BCUT2D eigenvalue weighted by molar-refractivity contribution is 5.88. The van der Waals surface area contributed by atoms with Gasteiger partial charge in [0.25, 0.3) is 0 Å². The minimum Gasteiger partial charge on any atom is -0.354 e. The molecule has 0 aliphatic carbocycles. The van der Waals surface area contributed by atoms with Crippen LogP contribution in [0.25, 0.3) is 0 Å². The maximum atomic E-state index is 13.0. The van der Waals surface area contributed by atoms with Crippen molar-refractivity contribution in [3.63, 3.8) is 0 Å². The van der Waals surface area contributed by atoms with Crippen molar-refractivity contribution in [3.05, 3.63) is 71.3 Å². The summed E-state index contributed by atoms with van der Waals surface area (Å²) in [4.78, 5) is 27.3. The lowest BCUT2D eigenvalue weighted by Gasteiger charge is -2.29. The third-order valence-corrected chi connectivity index (χ3v) is 4.52. The molecule has 0 fully saturated rings. The molecule has 0 unspecified atom stereocenters. The molecule has 0 radical (unpaired) electrons. The van der Waals surface area contributed by atoms with Crippen LogP contribution in [0.2, 0.25) is 0 Å². The zero-order valence-electron chi connectivity index (χ0n) is 16.7. The van der Waals surface area contributed by atoms with Gasteiger partial charge in [-0.15, -0.1) is 0 Å². The van der Waals surface area contributed by atoms with Crippen LogP contribution in [0.15, 0.2) is 54.6 Å². The van der Waals surface area contributed by atoms with E-state index >= 15 is 0 Å². The molecule has 144 valence electrons. The van der Waals surface area contributed by atoms with Crippen molar-refractivity contribution in [2.45, 2.75) is 46.7 Å². The summed E-state index contributed by atoms with van der Waals surface area (Å²) in [6.45, 7) is 8.95. The maximum Gasteiger partial charge on any atom is 0.242 e. The highest BCUT2D eigenvalue weighted by Crippen LogP contribution is 2.13. The highest BCUT2D eigenvalue weighted by atomic mass is 16.2. The average molecular weight is 367 g/mol. The van der Waals surface area contributed by atoms with Crippen molar-refractivity contribution in [3.8, 4) is 0 Å². The van der Waals surface area contributed by atoms with Gasteiger partial charge < -0.3 is 10.2 Å². The Bertz CT molecular complexity index is 739. The van der Waals surface area contributed by atoms with Gasteiger partial charge in [-0.3, -0.25) is 9.59 Å². The second kappa shape index (κ2) is 9.91. The van der Waals surface area contributed by atoms with Gasteiger partial charge in [-0.05, 0) is 30.9 Å². The molecule has 0 saturated heterocycles. The SMILES string of the molecule is Cc1ccc(CC(=O)N(Cc2ccccc2)[C@@H](C)C(=O)NCC(C)C)cc1. The zero-order chi connectivity index (χ0) is 19.8. The van der Waals surface area contributed by atoms with Crippen LogP contribution in [0.3, 0.4) is 0 Å². The molecule has 1 N–H and O–H groups in total. The quantitative estimate of drug-likeness (QED) is 0.774. The van der Waals surface area contributed by atoms with Gasteiger partial charge in [0.1, 0.15) is 6.04 Å². The van der Waals surface area contributed by atoms with E-state index in [9.17, 15) is 9.59 Å². The lowest BCUT2D eigenvalue weighted by molar-refractivity contribution is -0.140. The first-order valence-electron chi connectivity index (χ1n) is 9.53. The van der Waals surface area contributed by atoms with E-state index in [-0.39, 0.29) is 18.2 Å². The van der Waals surface area contributed by atoms with Crippen molar-refractivity contribution in [2.75, 3.05) is 6.54 Å². The fourth-order valence-corrected chi connectivity index (χ4v) is 2.80. The summed E-state index contributed by atoms with van der Waals surface area (Å²) in [5, 5.41) is 2.94. The molecule has 1 atom stereocenters. The Morgan fingerprint density at radius 1 is 0.926 bits per heavy atom. The predicted molar refractivity (Wildman–Crippen MR) is 109 cm³/mol. The highest BCUT2D eigenvalue weighted by Gasteiger charge is 2.26. The van der Waals surface area contributed by atoms with Crippen LogP contribution in [0.1, 0.15) is 37.5 Å². The van der Waals surface area contributed by atoms with E-state index in [1.807, 2.05) is 61.5 Å². The number of carbonyl (C=O) groups is 2. The second-order valence-electron chi connectivity index (χ2n) is 7.48. The third kappa shape index (κ3) is 6.55. The van der Waals surface area contributed by atoms with E-state index in [0.29, 0.717) is 19.0 Å². The van der Waals surface area contributed by atoms with Gasteiger partial charge in [0.2, 0.25) is 11.8 Å². The van der Waals surface area contributed by atoms with E-state index < -0.39 is 6.04 Å². The minimum absolute atomic E-state index is 0.0464. The molecule has 2 rings (SSSR count). The molecule has 2 amide bonds. The molecule has 2 aromatic carbocycles. The Morgan fingerprint density at radius 3 is 2.15 bits per heavy atom. The Balaban J connectivity index is 2.15. The normalized spacial score (nSPS) is 11.9. The van der Waals surface area contributed by atoms with Gasteiger partial charge >= 0.3 is 0 Å². The molecule has 2 aromatic rings. The summed E-state index contributed by atoms with van der Waals surface area (Å²) >= 11 is 0. The molecule has 0 saturated carbocycles. The van der Waals surface area contributed by atoms with Crippen LogP contribution >= 0.6 is 0 Å². The van der Waals surface area contributed by atoms with E-state index in [1.165, 1.54) is 0 Å². The molecule has 27 heavy (non-hydrogen) atoms. The topological polar surface area (TPSA) is 49.4 Å². The molecule has 4 nitrogen and oxygen atoms in total. The second-order valence-corrected chi connectivity index (χ2v) is 7.48. The van der Waals surface area contributed by atoms with E-state index in [4.69, 9.17) is 0 Å². The summed E-state index contributed by atoms with van der Waals surface area (Å²) in [5.74, 6) is 0.207. The van der Waals surface area contributed by atoms with Crippen LogP contribution in [0.5, 0.6) is 0 Å². The number of rotatable bonds is 8. The fourth-order valence-electron chi connectivity index (χ4n) is 2.80. The van der Waals surface area contributed by atoms with Crippen molar-refractivity contribution in [1.29, 1.82) is 0 Å². The number of amides is 2. The first kappa shape index (κ1) is 20.7. The average Bonchev–Trinajstić information content (AvgIpc) is 2.66. The molecule has 4 heteroatoms.